The molecule has 0 heterocycles. The maximum absolute atomic E-state index is 6.78. The van der Waals surface area contributed by atoms with E-state index in [0.717, 1.165) is 6.42 Å². The zero-order chi connectivity index (χ0) is 21.8. The van der Waals surface area contributed by atoms with Crippen LogP contribution in [0.25, 0.3) is 0 Å². The van der Waals surface area contributed by atoms with Crippen LogP contribution in [0.2, 0.25) is 39.3 Å². The van der Waals surface area contributed by atoms with E-state index >= 15 is 0 Å². The Labute approximate surface area is 189 Å². The summed E-state index contributed by atoms with van der Waals surface area (Å²) in [5.74, 6) is 0. The molecule has 5 heteroatoms. The monoisotopic (exact) mass is 530 g/mol. The van der Waals surface area contributed by atoms with Gasteiger partial charge in [-0.15, -0.1) is 6.58 Å². The van der Waals surface area contributed by atoms with Gasteiger partial charge in [0.25, 0.3) is 0 Å². The first-order valence-corrected chi connectivity index (χ1v) is 18.0. The summed E-state index contributed by atoms with van der Waals surface area (Å²) < 4.78 is 15.0. The normalized spacial score (nSPS) is 16.4. The molecular weight excluding hydrogens is 491 g/mol. The number of rotatable bonds is 9. The minimum Gasteiger partial charge on any atom is -0.408 e. The van der Waals surface area contributed by atoms with Gasteiger partial charge < -0.3 is 9.16 Å². The summed E-state index contributed by atoms with van der Waals surface area (Å²) >= 11 is 2.56. The molecule has 1 aromatic carbocycles. The summed E-state index contributed by atoms with van der Waals surface area (Å²) in [7, 11) is -3.32. The van der Waals surface area contributed by atoms with E-state index in [1.54, 1.807) is 0 Å². The summed E-state index contributed by atoms with van der Waals surface area (Å²) in [4.78, 5) is 0. The summed E-state index contributed by atoms with van der Waals surface area (Å²) in [5.41, 5.74) is 2.24. The molecule has 0 aliphatic rings. The third kappa shape index (κ3) is 8.65. The third-order valence-corrected chi connectivity index (χ3v) is 12.2. The van der Waals surface area contributed by atoms with Crippen LogP contribution in [-0.4, -0.2) is 28.1 Å². The first-order chi connectivity index (χ1) is 12.7. The molecule has 0 aliphatic heterocycles. The molecule has 0 spiro atoms. The van der Waals surface area contributed by atoms with Crippen molar-refractivity contribution in [1.29, 1.82) is 0 Å². The minimum atomic E-state index is -1.81. The topological polar surface area (TPSA) is 18.5 Å². The van der Waals surface area contributed by atoms with Gasteiger partial charge in [-0.05, 0) is 61.2 Å². The smallest absolute Gasteiger partial charge is 0.184 e. The van der Waals surface area contributed by atoms with Crippen LogP contribution in [0.15, 0.2) is 51.8 Å². The Bertz CT molecular complexity index is 665. The number of allylic oxidation sites excluding steroid dienone is 1. The molecule has 0 saturated heterocycles. The number of halogens is 1. The second kappa shape index (κ2) is 10.2. The van der Waals surface area contributed by atoms with Gasteiger partial charge in [-0.1, -0.05) is 78.6 Å². The zero-order valence-electron chi connectivity index (χ0n) is 19.2. The second-order valence-electron chi connectivity index (χ2n) is 10.3. The fourth-order valence-electron chi connectivity index (χ4n) is 2.99. The summed E-state index contributed by atoms with van der Waals surface area (Å²) in [6, 6.07) is 10.6. The number of hydrogen-bond donors (Lipinski definition) is 0. The number of ether oxygens (including phenoxy) is 1. The van der Waals surface area contributed by atoms with E-state index in [-0.39, 0.29) is 17.8 Å². The highest BCUT2D eigenvalue weighted by Gasteiger charge is 2.37. The van der Waals surface area contributed by atoms with Crippen molar-refractivity contribution in [3.05, 3.63) is 57.3 Å². The molecule has 2 nitrogen and oxygen atoms in total. The van der Waals surface area contributed by atoms with Crippen LogP contribution in [0.3, 0.4) is 0 Å². The lowest BCUT2D eigenvalue weighted by atomic mass is 9.96. The lowest BCUT2D eigenvalue weighted by Crippen LogP contribution is -2.40. The Morgan fingerprint density at radius 2 is 1.61 bits per heavy atom. The molecule has 0 radical (unpaired) electrons. The Balaban J connectivity index is 3.67. The standard InChI is InChI=1S/C23H39IO2Si2/c1-11-15-19(22(24)27(5,6)7)21(25-23(2,3)4)20(26-28(8,9)10)18-16-13-12-14-17-18/h11-14,16-17,20-21H,1,15H2,2-10H3/b22-19+/t20-,21+/m0/s1. The number of benzene rings is 1. The minimum absolute atomic E-state index is 0.122. The molecule has 158 valence electrons. The molecule has 0 aliphatic carbocycles. The van der Waals surface area contributed by atoms with Crippen LogP contribution >= 0.6 is 22.6 Å². The first-order valence-electron chi connectivity index (χ1n) is 10.1. The van der Waals surface area contributed by atoms with E-state index in [0.29, 0.717) is 0 Å². The SMILES string of the molecule is C=CC/C(=C(/I)[Si](C)(C)C)[C@@H](OC(C)(C)C)[C@@H](O[Si](C)(C)C)c1ccccc1. The molecule has 0 bridgehead atoms. The lowest BCUT2D eigenvalue weighted by molar-refractivity contribution is -0.0902. The van der Waals surface area contributed by atoms with Crippen molar-refractivity contribution in [2.75, 3.05) is 0 Å². The molecule has 1 aromatic rings. The van der Waals surface area contributed by atoms with Gasteiger partial charge >= 0.3 is 0 Å². The van der Waals surface area contributed by atoms with Gasteiger partial charge in [-0.2, -0.15) is 0 Å². The molecule has 0 amide bonds. The summed E-state index contributed by atoms with van der Waals surface area (Å²) in [6.07, 6.45) is 2.57. The lowest BCUT2D eigenvalue weighted by Gasteiger charge is -2.39. The van der Waals surface area contributed by atoms with Crippen molar-refractivity contribution in [3.8, 4) is 0 Å². The maximum atomic E-state index is 6.78. The highest BCUT2D eigenvalue weighted by Crippen LogP contribution is 2.39. The Hall–Kier alpha value is -0.216. The van der Waals surface area contributed by atoms with Crippen LogP contribution in [0.1, 0.15) is 38.9 Å². The average molecular weight is 531 g/mol. The number of hydrogen-bond acceptors (Lipinski definition) is 2. The van der Waals surface area contributed by atoms with Crippen LogP contribution in [0.4, 0.5) is 0 Å². The quantitative estimate of drug-likeness (QED) is 0.184. The van der Waals surface area contributed by atoms with Crippen LogP contribution in [0, 0.1) is 0 Å². The van der Waals surface area contributed by atoms with E-state index in [9.17, 15) is 0 Å². The van der Waals surface area contributed by atoms with Crippen molar-refractivity contribution in [2.24, 2.45) is 0 Å². The zero-order valence-corrected chi connectivity index (χ0v) is 23.4. The van der Waals surface area contributed by atoms with E-state index in [4.69, 9.17) is 9.16 Å². The van der Waals surface area contributed by atoms with E-state index < -0.39 is 16.4 Å². The van der Waals surface area contributed by atoms with Gasteiger partial charge in [0.05, 0.1) is 13.7 Å². The van der Waals surface area contributed by atoms with Gasteiger partial charge in [0.2, 0.25) is 0 Å². The molecule has 1 rings (SSSR count). The van der Waals surface area contributed by atoms with Crippen molar-refractivity contribution in [2.45, 2.75) is 84.3 Å². The molecule has 0 N–H and O–H groups in total. The van der Waals surface area contributed by atoms with Gasteiger partial charge in [0.15, 0.2) is 8.32 Å². The maximum Gasteiger partial charge on any atom is 0.184 e. The van der Waals surface area contributed by atoms with Crippen molar-refractivity contribution in [1.82, 2.24) is 0 Å². The summed E-state index contributed by atoms with van der Waals surface area (Å²) in [5, 5.41) is 0. The average Bonchev–Trinajstić information content (AvgIpc) is 2.53. The highest BCUT2D eigenvalue weighted by atomic mass is 127. The fraction of sp³-hybridized carbons (Fsp3) is 0.565. The molecule has 0 saturated carbocycles. The Kier molecular flexibility index (Phi) is 9.40. The van der Waals surface area contributed by atoms with Gasteiger partial charge in [-0.3, -0.25) is 0 Å². The van der Waals surface area contributed by atoms with Gasteiger partial charge in [0.1, 0.15) is 12.2 Å². The molecule has 0 aromatic heterocycles. The van der Waals surface area contributed by atoms with E-state index in [1.807, 2.05) is 6.08 Å². The predicted molar refractivity (Wildman–Crippen MR) is 137 cm³/mol. The first kappa shape index (κ1) is 25.8. The predicted octanol–water partition coefficient (Wildman–Crippen LogP) is 7.91. The van der Waals surface area contributed by atoms with Crippen LogP contribution in [0.5, 0.6) is 0 Å². The fourth-order valence-corrected chi connectivity index (χ4v) is 5.75. The van der Waals surface area contributed by atoms with Crippen LogP contribution in [-0.2, 0) is 9.16 Å². The third-order valence-electron chi connectivity index (χ3n) is 4.01. The molecular formula is C23H39IO2Si2. The molecule has 28 heavy (non-hydrogen) atoms. The molecule has 0 unspecified atom stereocenters. The van der Waals surface area contributed by atoms with E-state index in [2.05, 4.69) is 120 Å². The van der Waals surface area contributed by atoms with Crippen LogP contribution < -0.4 is 0 Å². The van der Waals surface area contributed by atoms with Crippen molar-refractivity contribution < 1.29 is 9.16 Å². The van der Waals surface area contributed by atoms with Crippen molar-refractivity contribution in [3.63, 3.8) is 0 Å². The largest absolute Gasteiger partial charge is 0.408 e. The molecule has 2 atom stereocenters. The highest BCUT2D eigenvalue weighted by molar-refractivity contribution is 14.1. The summed E-state index contributed by atoms with van der Waals surface area (Å²) in [6.45, 7) is 24.3. The Morgan fingerprint density at radius 3 is 2.00 bits per heavy atom. The van der Waals surface area contributed by atoms with Gasteiger partial charge in [0, 0.05) is 0 Å². The van der Waals surface area contributed by atoms with Gasteiger partial charge in [-0.25, -0.2) is 0 Å². The van der Waals surface area contributed by atoms with E-state index in [1.165, 1.54) is 14.3 Å². The van der Waals surface area contributed by atoms with Crippen molar-refractivity contribution >= 4 is 39.0 Å². The second-order valence-corrected chi connectivity index (χ2v) is 21.9. The Morgan fingerprint density at radius 1 is 1.07 bits per heavy atom. The molecule has 0 fully saturated rings.